The van der Waals surface area contributed by atoms with Gasteiger partial charge in [0.2, 0.25) is 0 Å². The molecule has 0 bridgehead atoms. The minimum absolute atomic E-state index is 0.207. The Hall–Kier alpha value is -2.96. The van der Waals surface area contributed by atoms with E-state index in [-0.39, 0.29) is 5.91 Å². The van der Waals surface area contributed by atoms with Crippen molar-refractivity contribution in [3.05, 3.63) is 82.0 Å². The molecule has 0 aliphatic carbocycles. The fraction of sp³-hybridized carbons (Fsp3) is 0.0952. The third-order valence-electron chi connectivity index (χ3n) is 4.30. The zero-order valence-corrected chi connectivity index (χ0v) is 16.6. The van der Waals surface area contributed by atoms with Crippen molar-refractivity contribution in [3.8, 4) is 21.8 Å². The molecule has 4 aromatic rings. The number of benzene rings is 2. The van der Waals surface area contributed by atoms with E-state index >= 15 is 0 Å². The van der Waals surface area contributed by atoms with E-state index in [2.05, 4.69) is 20.5 Å². The van der Waals surface area contributed by atoms with Gasteiger partial charge in [-0.3, -0.25) is 9.89 Å². The third kappa shape index (κ3) is 3.83. The summed E-state index contributed by atoms with van der Waals surface area (Å²) in [6.07, 6.45) is 0. The highest BCUT2D eigenvalue weighted by atomic mass is 35.5. The molecule has 5 nitrogen and oxygen atoms in total. The highest BCUT2D eigenvalue weighted by molar-refractivity contribution is 7.15. The molecule has 4 rings (SSSR count). The van der Waals surface area contributed by atoms with Crippen LogP contribution in [-0.2, 0) is 6.54 Å². The molecule has 2 heterocycles. The van der Waals surface area contributed by atoms with Gasteiger partial charge in [-0.2, -0.15) is 5.10 Å². The van der Waals surface area contributed by atoms with Crippen molar-refractivity contribution >= 4 is 28.8 Å². The number of halogens is 1. The zero-order chi connectivity index (χ0) is 19.5. The summed E-state index contributed by atoms with van der Waals surface area (Å²) in [4.78, 5) is 18.1. The zero-order valence-electron chi connectivity index (χ0n) is 15.1. The molecule has 2 aromatic carbocycles. The first-order valence-corrected chi connectivity index (χ1v) is 9.91. The number of amides is 1. The minimum atomic E-state index is -0.207. The maximum atomic E-state index is 12.5. The lowest BCUT2D eigenvalue weighted by Gasteiger charge is -2.01. The second-order valence-corrected chi connectivity index (χ2v) is 7.71. The van der Waals surface area contributed by atoms with E-state index in [0.717, 1.165) is 32.4 Å². The van der Waals surface area contributed by atoms with Gasteiger partial charge >= 0.3 is 0 Å². The van der Waals surface area contributed by atoms with Gasteiger partial charge in [0.1, 0.15) is 10.7 Å². The quantitative estimate of drug-likeness (QED) is 0.483. The van der Waals surface area contributed by atoms with Crippen molar-refractivity contribution in [2.24, 2.45) is 0 Å². The van der Waals surface area contributed by atoms with Crippen LogP contribution >= 0.6 is 22.9 Å². The van der Waals surface area contributed by atoms with Crippen LogP contribution in [0.5, 0.6) is 0 Å². The van der Waals surface area contributed by atoms with Gasteiger partial charge in [0.25, 0.3) is 5.91 Å². The molecule has 0 spiro atoms. The van der Waals surface area contributed by atoms with Gasteiger partial charge in [0, 0.05) is 16.0 Å². The molecular formula is C21H17ClN4OS. The Labute approximate surface area is 171 Å². The van der Waals surface area contributed by atoms with E-state index in [0.29, 0.717) is 17.3 Å². The number of aromatic amines is 1. The molecule has 0 saturated heterocycles. The summed E-state index contributed by atoms with van der Waals surface area (Å²) in [6, 6.07) is 19.1. The molecule has 28 heavy (non-hydrogen) atoms. The largest absolute Gasteiger partial charge is 0.346 e. The Kier molecular flexibility index (Phi) is 5.23. The van der Waals surface area contributed by atoms with Crippen molar-refractivity contribution in [2.75, 3.05) is 0 Å². The molecular weight excluding hydrogens is 392 g/mol. The number of thiazole rings is 1. The highest BCUT2D eigenvalue weighted by Crippen LogP contribution is 2.32. The van der Waals surface area contributed by atoms with E-state index in [4.69, 9.17) is 11.6 Å². The Bertz CT molecular complexity index is 1120. The van der Waals surface area contributed by atoms with Gasteiger partial charge in [-0.25, -0.2) is 4.98 Å². The SMILES string of the molecule is Cc1nc(-c2ccccc2Cl)sc1CNC(=O)c1cc(-c2ccccc2)n[nH]1. The van der Waals surface area contributed by atoms with Crippen LogP contribution in [-0.4, -0.2) is 21.1 Å². The maximum absolute atomic E-state index is 12.5. The number of carbonyl (C=O) groups is 1. The number of hydrogen-bond acceptors (Lipinski definition) is 4. The normalized spacial score (nSPS) is 10.8. The number of aryl methyl sites for hydroxylation is 1. The fourth-order valence-corrected chi connectivity index (χ4v) is 4.12. The summed E-state index contributed by atoms with van der Waals surface area (Å²) in [6.45, 7) is 2.33. The molecule has 1 amide bonds. The molecule has 7 heteroatoms. The van der Waals surface area contributed by atoms with E-state index in [9.17, 15) is 4.79 Å². The van der Waals surface area contributed by atoms with Crippen LogP contribution in [0.3, 0.4) is 0 Å². The summed E-state index contributed by atoms with van der Waals surface area (Å²) >= 11 is 7.80. The first-order chi connectivity index (χ1) is 13.6. The van der Waals surface area contributed by atoms with Crippen LogP contribution in [0.4, 0.5) is 0 Å². The number of hydrogen-bond donors (Lipinski definition) is 2. The molecule has 0 radical (unpaired) electrons. The summed E-state index contributed by atoms with van der Waals surface area (Å²) < 4.78 is 0. The van der Waals surface area contributed by atoms with E-state index < -0.39 is 0 Å². The Morgan fingerprint density at radius 3 is 2.68 bits per heavy atom. The van der Waals surface area contributed by atoms with Gasteiger partial charge in [-0.1, -0.05) is 60.1 Å². The molecule has 0 aliphatic rings. The Morgan fingerprint density at radius 2 is 1.89 bits per heavy atom. The lowest BCUT2D eigenvalue weighted by molar-refractivity contribution is 0.0946. The number of H-pyrrole nitrogens is 1. The second kappa shape index (κ2) is 7.96. The Balaban J connectivity index is 1.46. The third-order valence-corrected chi connectivity index (χ3v) is 5.82. The smallest absolute Gasteiger partial charge is 0.269 e. The molecule has 0 atom stereocenters. The monoisotopic (exact) mass is 408 g/mol. The molecule has 0 unspecified atom stereocenters. The fourth-order valence-electron chi connectivity index (χ4n) is 2.79. The summed E-state index contributed by atoms with van der Waals surface area (Å²) in [7, 11) is 0. The van der Waals surface area contributed by atoms with Crippen molar-refractivity contribution in [1.82, 2.24) is 20.5 Å². The summed E-state index contributed by atoms with van der Waals surface area (Å²) in [5.74, 6) is -0.207. The van der Waals surface area contributed by atoms with Crippen LogP contribution in [0, 0.1) is 6.92 Å². The van der Waals surface area contributed by atoms with Crippen LogP contribution in [0.15, 0.2) is 60.7 Å². The molecule has 2 aromatic heterocycles. The topological polar surface area (TPSA) is 70.7 Å². The first-order valence-electron chi connectivity index (χ1n) is 8.72. The molecule has 0 aliphatic heterocycles. The lowest BCUT2D eigenvalue weighted by atomic mass is 10.1. The van der Waals surface area contributed by atoms with Crippen LogP contribution in [0.2, 0.25) is 5.02 Å². The lowest BCUT2D eigenvalue weighted by Crippen LogP contribution is -2.23. The maximum Gasteiger partial charge on any atom is 0.269 e. The average molecular weight is 409 g/mol. The summed E-state index contributed by atoms with van der Waals surface area (Å²) in [5.41, 5.74) is 3.90. The van der Waals surface area contributed by atoms with Gasteiger partial charge in [0.05, 0.1) is 23.0 Å². The average Bonchev–Trinajstić information content (AvgIpc) is 3.34. The van der Waals surface area contributed by atoms with Crippen molar-refractivity contribution < 1.29 is 4.79 Å². The van der Waals surface area contributed by atoms with Crippen LogP contribution in [0.1, 0.15) is 21.1 Å². The second-order valence-electron chi connectivity index (χ2n) is 6.22. The van der Waals surface area contributed by atoms with Gasteiger partial charge in [-0.15, -0.1) is 11.3 Å². The van der Waals surface area contributed by atoms with E-state index in [1.807, 2.05) is 61.5 Å². The molecule has 140 valence electrons. The minimum Gasteiger partial charge on any atom is -0.346 e. The van der Waals surface area contributed by atoms with Crippen molar-refractivity contribution in [3.63, 3.8) is 0 Å². The van der Waals surface area contributed by atoms with Gasteiger partial charge in [-0.05, 0) is 19.1 Å². The van der Waals surface area contributed by atoms with Gasteiger partial charge in [0.15, 0.2) is 0 Å². The van der Waals surface area contributed by atoms with E-state index in [1.165, 1.54) is 11.3 Å². The number of aromatic nitrogens is 3. The van der Waals surface area contributed by atoms with Gasteiger partial charge < -0.3 is 5.32 Å². The van der Waals surface area contributed by atoms with E-state index in [1.54, 1.807) is 6.07 Å². The number of rotatable bonds is 5. The van der Waals surface area contributed by atoms with Crippen LogP contribution in [0.25, 0.3) is 21.8 Å². The Morgan fingerprint density at radius 1 is 1.14 bits per heavy atom. The first kappa shape index (κ1) is 18.4. The molecule has 2 N–H and O–H groups in total. The predicted molar refractivity (Wildman–Crippen MR) is 112 cm³/mol. The summed E-state index contributed by atoms with van der Waals surface area (Å²) in [5, 5.41) is 11.5. The standard InChI is InChI=1S/C21H17ClN4OS/c1-13-19(28-21(24-13)15-9-5-6-10-16(15)22)12-23-20(27)18-11-17(25-26-18)14-7-3-2-4-8-14/h2-11H,12H2,1H3,(H,23,27)(H,25,26). The molecule has 0 saturated carbocycles. The number of nitrogens with one attached hydrogen (secondary N) is 2. The molecule has 0 fully saturated rings. The number of nitrogens with zero attached hydrogens (tertiary/aromatic N) is 2. The predicted octanol–water partition coefficient (Wildman–Crippen LogP) is 5.09. The van der Waals surface area contributed by atoms with Crippen molar-refractivity contribution in [1.29, 1.82) is 0 Å². The van der Waals surface area contributed by atoms with Crippen LogP contribution < -0.4 is 5.32 Å². The number of carbonyl (C=O) groups excluding carboxylic acids is 1. The van der Waals surface area contributed by atoms with Crippen molar-refractivity contribution in [2.45, 2.75) is 13.5 Å². The highest BCUT2D eigenvalue weighted by Gasteiger charge is 2.15.